The van der Waals surface area contributed by atoms with Crippen molar-refractivity contribution < 1.29 is 9.53 Å². The molecule has 0 saturated carbocycles. The lowest BCUT2D eigenvalue weighted by Crippen LogP contribution is -2.39. The predicted molar refractivity (Wildman–Crippen MR) is 85.0 cm³/mol. The SMILES string of the molecule is CCCC(CCC)C(=O)NCC1Cc2ccccc2CO1. The van der Waals surface area contributed by atoms with Gasteiger partial charge in [0.15, 0.2) is 0 Å². The molecule has 1 heterocycles. The Kier molecular flexibility index (Phi) is 6.24. The van der Waals surface area contributed by atoms with Crippen LogP contribution in [0, 0.1) is 5.92 Å². The third kappa shape index (κ3) is 4.57. The molecule has 1 aromatic carbocycles. The van der Waals surface area contributed by atoms with Gasteiger partial charge in [-0.2, -0.15) is 0 Å². The van der Waals surface area contributed by atoms with Gasteiger partial charge >= 0.3 is 0 Å². The van der Waals surface area contributed by atoms with E-state index in [9.17, 15) is 4.79 Å². The van der Waals surface area contributed by atoms with E-state index in [4.69, 9.17) is 4.74 Å². The van der Waals surface area contributed by atoms with Crippen molar-refractivity contribution in [1.29, 1.82) is 0 Å². The standard InChI is InChI=1S/C18H27NO2/c1-3-7-14(8-4-2)18(20)19-12-17-11-15-9-5-6-10-16(15)13-21-17/h5-6,9-10,14,17H,3-4,7-8,11-13H2,1-2H3,(H,19,20). The summed E-state index contributed by atoms with van der Waals surface area (Å²) in [6.45, 7) is 5.55. The normalized spacial score (nSPS) is 17.6. The number of amides is 1. The highest BCUT2D eigenvalue weighted by Gasteiger charge is 2.21. The van der Waals surface area contributed by atoms with Crippen molar-refractivity contribution in [3.63, 3.8) is 0 Å². The van der Waals surface area contributed by atoms with Crippen LogP contribution >= 0.6 is 0 Å². The molecule has 1 unspecified atom stereocenters. The molecule has 1 aliphatic heterocycles. The Labute approximate surface area is 128 Å². The second-order valence-electron chi connectivity index (χ2n) is 5.93. The van der Waals surface area contributed by atoms with Crippen molar-refractivity contribution in [3.8, 4) is 0 Å². The molecule has 0 aromatic heterocycles. The van der Waals surface area contributed by atoms with Gasteiger partial charge in [-0.25, -0.2) is 0 Å². The summed E-state index contributed by atoms with van der Waals surface area (Å²) < 4.78 is 5.84. The average molecular weight is 289 g/mol. The Bertz CT molecular complexity index is 452. The molecule has 1 atom stereocenters. The van der Waals surface area contributed by atoms with E-state index in [2.05, 4.69) is 37.4 Å². The number of hydrogen-bond donors (Lipinski definition) is 1. The van der Waals surface area contributed by atoms with Crippen LogP contribution in [0.15, 0.2) is 24.3 Å². The largest absolute Gasteiger partial charge is 0.371 e. The zero-order chi connectivity index (χ0) is 15.1. The highest BCUT2D eigenvalue weighted by atomic mass is 16.5. The summed E-state index contributed by atoms with van der Waals surface area (Å²) in [5, 5.41) is 3.09. The van der Waals surface area contributed by atoms with E-state index >= 15 is 0 Å². The Hall–Kier alpha value is -1.35. The van der Waals surface area contributed by atoms with E-state index in [0.29, 0.717) is 13.2 Å². The van der Waals surface area contributed by atoms with Gasteiger partial charge in [0.2, 0.25) is 5.91 Å². The van der Waals surface area contributed by atoms with Gasteiger partial charge in [-0.05, 0) is 24.0 Å². The van der Waals surface area contributed by atoms with Crippen LogP contribution in [-0.4, -0.2) is 18.6 Å². The molecule has 1 aliphatic rings. The molecular weight excluding hydrogens is 262 g/mol. The topological polar surface area (TPSA) is 38.3 Å². The van der Waals surface area contributed by atoms with Crippen LogP contribution in [0.25, 0.3) is 0 Å². The number of hydrogen-bond acceptors (Lipinski definition) is 2. The average Bonchev–Trinajstić information content (AvgIpc) is 2.52. The highest BCUT2D eigenvalue weighted by Crippen LogP contribution is 2.20. The number of carbonyl (C=O) groups is 1. The molecule has 116 valence electrons. The second kappa shape index (κ2) is 8.18. The maximum absolute atomic E-state index is 12.2. The van der Waals surface area contributed by atoms with E-state index in [1.54, 1.807) is 0 Å². The predicted octanol–water partition coefficient (Wildman–Crippen LogP) is 3.46. The molecule has 2 rings (SSSR count). The number of ether oxygens (including phenoxy) is 1. The van der Waals surface area contributed by atoms with Crippen LogP contribution in [0.5, 0.6) is 0 Å². The van der Waals surface area contributed by atoms with Crippen LogP contribution in [0.2, 0.25) is 0 Å². The van der Waals surface area contributed by atoms with Crippen LogP contribution in [-0.2, 0) is 22.6 Å². The third-order valence-corrected chi connectivity index (χ3v) is 4.19. The molecule has 3 heteroatoms. The maximum Gasteiger partial charge on any atom is 0.223 e. The van der Waals surface area contributed by atoms with Gasteiger partial charge in [-0.15, -0.1) is 0 Å². The minimum atomic E-state index is 0.104. The zero-order valence-corrected chi connectivity index (χ0v) is 13.2. The molecule has 0 spiro atoms. The summed E-state index contributed by atoms with van der Waals surface area (Å²) >= 11 is 0. The van der Waals surface area contributed by atoms with Crippen LogP contribution in [0.4, 0.5) is 0 Å². The van der Waals surface area contributed by atoms with Gasteiger partial charge in [0.1, 0.15) is 0 Å². The van der Waals surface area contributed by atoms with Gasteiger partial charge in [0, 0.05) is 18.9 Å². The van der Waals surface area contributed by atoms with Crippen LogP contribution in [0.3, 0.4) is 0 Å². The first kappa shape index (κ1) is 16.0. The van der Waals surface area contributed by atoms with Gasteiger partial charge in [-0.3, -0.25) is 4.79 Å². The Balaban J connectivity index is 1.82. The molecule has 0 fully saturated rings. The van der Waals surface area contributed by atoms with Crippen molar-refractivity contribution in [2.45, 2.75) is 58.7 Å². The van der Waals surface area contributed by atoms with E-state index in [0.717, 1.165) is 32.1 Å². The van der Waals surface area contributed by atoms with Gasteiger partial charge in [0.25, 0.3) is 0 Å². The van der Waals surface area contributed by atoms with E-state index in [-0.39, 0.29) is 17.9 Å². The molecule has 1 N–H and O–H groups in total. The summed E-state index contributed by atoms with van der Waals surface area (Å²) in [6.07, 6.45) is 5.08. The lowest BCUT2D eigenvalue weighted by molar-refractivity contribution is -0.126. The maximum atomic E-state index is 12.2. The molecule has 1 amide bonds. The molecule has 0 aliphatic carbocycles. The molecule has 0 radical (unpaired) electrons. The molecule has 0 saturated heterocycles. The number of benzene rings is 1. The summed E-state index contributed by atoms with van der Waals surface area (Å²) in [5.74, 6) is 0.358. The van der Waals surface area contributed by atoms with Gasteiger partial charge in [-0.1, -0.05) is 51.0 Å². The van der Waals surface area contributed by atoms with Gasteiger partial charge < -0.3 is 10.1 Å². The van der Waals surface area contributed by atoms with Crippen molar-refractivity contribution in [2.75, 3.05) is 6.54 Å². The number of nitrogens with one attached hydrogen (secondary N) is 1. The Morgan fingerprint density at radius 2 is 1.90 bits per heavy atom. The quantitative estimate of drug-likeness (QED) is 0.835. The lowest BCUT2D eigenvalue weighted by atomic mass is 9.96. The first-order chi connectivity index (χ1) is 10.2. The Morgan fingerprint density at radius 1 is 1.24 bits per heavy atom. The summed E-state index contributed by atoms with van der Waals surface area (Å²) in [5.41, 5.74) is 2.62. The third-order valence-electron chi connectivity index (χ3n) is 4.19. The fourth-order valence-corrected chi connectivity index (χ4v) is 3.00. The molecule has 3 nitrogen and oxygen atoms in total. The summed E-state index contributed by atoms with van der Waals surface area (Å²) in [4.78, 5) is 12.2. The molecule has 1 aromatic rings. The van der Waals surface area contributed by atoms with Crippen LogP contribution < -0.4 is 5.32 Å². The van der Waals surface area contributed by atoms with Crippen molar-refractivity contribution >= 4 is 5.91 Å². The minimum Gasteiger partial charge on any atom is -0.371 e. The molecule has 0 bridgehead atoms. The number of rotatable bonds is 7. The number of fused-ring (bicyclic) bond motifs is 1. The number of carbonyl (C=O) groups excluding carboxylic acids is 1. The first-order valence-electron chi connectivity index (χ1n) is 8.20. The second-order valence-corrected chi connectivity index (χ2v) is 5.93. The van der Waals surface area contributed by atoms with Crippen molar-refractivity contribution in [1.82, 2.24) is 5.32 Å². The molecule has 21 heavy (non-hydrogen) atoms. The minimum absolute atomic E-state index is 0.104. The Morgan fingerprint density at radius 3 is 2.57 bits per heavy atom. The summed E-state index contributed by atoms with van der Waals surface area (Å²) in [7, 11) is 0. The van der Waals surface area contributed by atoms with Crippen molar-refractivity contribution in [2.24, 2.45) is 5.92 Å². The first-order valence-corrected chi connectivity index (χ1v) is 8.20. The zero-order valence-electron chi connectivity index (χ0n) is 13.2. The molecular formula is C18H27NO2. The van der Waals surface area contributed by atoms with E-state index in [1.165, 1.54) is 11.1 Å². The van der Waals surface area contributed by atoms with E-state index < -0.39 is 0 Å². The van der Waals surface area contributed by atoms with E-state index in [1.807, 2.05) is 6.07 Å². The lowest BCUT2D eigenvalue weighted by Gasteiger charge is -2.26. The monoisotopic (exact) mass is 289 g/mol. The fourth-order valence-electron chi connectivity index (χ4n) is 3.00. The summed E-state index contributed by atoms with van der Waals surface area (Å²) in [6, 6.07) is 8.38. The highest BCUT2D eigenvalue weighted by molar-refractivity contribution is 5.78. The fraction of sp³-hybridized carbons (Fsp3) is 0.611. The van der Waals surface area contributed by atoms with Crippen molar-refractivity contribution in [3.05, 3.63) is 35.4 Å². The van der Waals surface area contributed by atoms with Gasteiger partial charge in [0.05, 0.1) is 12.7 Å². The smallest absolute Gasteiger partial charge is 0.223 e. The van der Waals surface area contributed by atoms with Crippen LogP contribution in [0.1, 0.15) is 50.7 Å².